The third kappa shape index (κ3) is 3.50. The SMILES string of the molecule is Cc1nc(C)c(C(C)N(C)C(=O)CCc2c(C)noc2Cl)s1. The summed E-state index contributed by atoms with van der Waals surface area (Å²) in [5.74, 6) is 0.0645. The van der Waals surface area contributed by atoms with E-state index in [0.29, 0.717) is 12.8 Å². The zero-order chi connectivity index (χ0) is 16.4. The Morgan fingerprint density at radius 1 is 1.36 bits per heavy atom. The van der Waals surface area contributed by atoms with Gasteiger partial charge in [-0.1, -0.05) is 5.16 Å². The van der Waals surface area contributed by atoms with Crippen molar-refractivity contribution in [2.24, 2.45) is 0 Å². The number of carbonyl (C=O) groups excluding carboxylic acids is 1. The molecule has 0 aliphatic carbocycles. The van der Waals surface area contributed by atoms with Crippen LogP contribution in [0.3, 0.4) is 0 Å². The number of nitrogens with zero attached hydrogens (tertiary/aromatic N) is 3. The van der Waals surface area contributed by atoms with Gasteiger partial charge in [0.05, 0.1) is 22.4 Å². The molecule has 0 fully saturated rings. The predicted octanol–water partition coefficient (Wildman–Crippen LogP) is 3.86. The van der Waals surface area contributed by atoms with E-state index in [0.717, 1.165) is 26.8 Å². The smallest absolute Gasteiger partial charge is 0.229 e. The van der Waals surface area contributed by atoms with Gasteiger partial charge in [-0.15, -0.1) is 11.3 Å². The molecule has 5 nitrogen and oxygen atoms in total. The summed E-state index contributed by atoms with van der Waals surface area (Å²) >= 11 is 7.57. The van der Waals surface area contributed by atoms with Crippen molar-refractivity contribution in [3.05, 3.63) is 32.1 Å². The summed E-state index contributed by atoms with van der Waals surface area (Å²) in [5.41, 5.74) is 2.54. The molecule has 120 valence electrons. The van der Waals surface area contributed by atoms with Crippen LogP contribution in [-0.4, -0.2) is 28.0 Å². The highest BCUT2D eigenvalue weighted by molar-refractivity contribution is 7.11. The number of hydrogen-bond acceptors (Lipinski definition) is 5. The molecule has 2 rings (SSSR count). The Hall–Kier alpha value is -1.40. The van der Waals surface area contributed by atoms with Gasteiger partial charge >= 0.3 is 0 Å². The van der Waals surface area contributed by atoms with Crippen molar-refractivity contribution in [1.29, 1.82) is 0 Å². The van der Waals surface area contributed by atoms with E-state index < -0.39 is 0 Å². The highest BCUT2D eigenvalue weighted by Crippen LogP contribution is 2.29. The first-order chi connectivity index (χ1) is 10.3. The first-order valence-corrected chi connectivity index (χ1v) is 8.31. The number of amides is 1. The second kappa shape index (κ2) is 6.79. The fourth-order valence-corrected chi connectivity index (χ4v) is 3.66. The zero-order valence-electron chi connectivity index (χ0n) is 13.4. The van der Waals surface area contributed by atoms with Crippen LogP contribution in [0.15, 0.2) is 4.52 Å². The number of aryl methyl sites for hydroxylation is 3. The standard InChI is InChI=1S/C15H20ClN3O2S/c1-8-12(15(16)21-18-8)6-7-13(20)19(5)10(3)14-9(2)17-11(4)22-14/h10H,6-7H2,1-5H3. The van der Waals surface area contributed by atoms with Crippen LogP contribution >= 0.6 is 22.9 Å². The van der Waals surface area contributed by atoms with Crippen LogP contribution in [0.4, 0.5) is 0 Å². The maximum absolute atomic E-state index is 12.4. The summed E-state index contributed by atoms with van der Waals surface area (Å²) in [7, 11) is 1.82. The predicted molar refractivity (Wildman–Crippen MR) is 87.3 cm³/mol. The molecule has 2 aromatic heterocycles. The van der Waals surface area contributed by atoms with Gasteiger partial charge in [0, 0.05) is 23.9 Å². The summed E-state index contributed by atoms with van der Waals surface area (Å²) < 4.78 is 4.91. The monoisotopic (exact) mass is 341 g/mol. The molecule has 0 bridgehead atoms. The quantitative estimate of drug-likeness (QED) is 0.828. The summed E-state index contributed by atoms with van der Waals surface area (Å²) in [5, 5.41) is 5.09. The lowest BCUT2D eigenvalue weighted by molar-refractivity contribution is -0.131. The molecule has 0 spiro atoms. The van der Waals surface area contributed by atoms with Crippen molar-refractivity contribution in [2.75, 3.05) is 7.05 Å². The molecule has 7 heteroatoms. The van der Waals surface area contributed by atoms with Crippen molar-refractivity contribution < 1.29 is 9.32 Å². The third-order valence-electron chi connectivity index (χ3n) is 3.82. The van der Waals surface area contributed by atoms with Gasteiger partial charge < -0.3 is 9.42 Å². The average Bonchev–Trinajstić information content (AvgIpc) is 2.97. The number of halogens is 1. The van der Waals surface area contributed by atoms with Crippen molar-refractivity contribution in [2.45, 2.75) is 46.6 Å². The maximum Gasteiger partial charge on any atom is 0.229 e. The lowest BCUT2D eigenvalue weighted by Gasteiger charge is -2.24. The van der Waals surface area contributed by atoms with Crippen LogP contribution < -0.4 is 0 Å². The summed E-state index contributed by atoms with van der Waals surface area (Å²) in [4.78, 5) is 19.7. The van der Waals surface area contributed by atoms with Crippen molar-refractivity contribution >= 4 is 28.8 Å². The lowest BCUT2D eigenvalue weighted by atomic mass is 10.1. The number of hydrogen-bond donors (Lipinski definition) is 0. The van der Waals surface area contributed by atoms with Crippen LogP contribution in [0.2, 0.25) is 5.22 Å². The Bertz CT molecular complexity index is 661. The van der Waals surface area contributed by atoms with E-state index in [1.807, 2.05) is 34.7 Å². The minimum atomic E-state index is 0.0118. The largest absolute Gasteiger partial charge is 0.344 e. The van der Waals surface area contributed by atoms with Gasteiger partial charge in [0.2, 0.25) is 11.1 Å². The van der Waals surface area contributed by atoms with Gasteiger partial charge in [-0.3, -0.25) is 4.79 Å². The summed E-state index contributed by atoms with van der Waals surface area (Å²) in [6.45, 7) is 7.81. The van der Waals surface area contributed by atoms with E-state index in [2.05, 4.69) is 10.1 Å². The second-order valence-electron chi connectivity index (χ2n) is 5.38. The number of rotatable bonds is 5. The number of aromatic nitrogens is 2. The molecule has 2 heterocycles. The number of carbonyl (C=O) groups is 1. The molecule has 0 radical (unpaired) electrons. The topological polar surface area (TPSA) is 59.2 Å². The Labute approximate surface area is 139 Å². The highest BCUT2D eigenvalue weighted by atomic mass is 35.5. The maximum atomic E-state index is 12.4. The van der Waals surface area contributed by atoms with Crippen LogP contribution in [-0.2, 0) is 11.2 Å². The van der Waals surface area contributed by atoms with E-state index in [-0.39, 0.29) is 17.2 Å². The van der Waals surface area contributed by atoms with Crippen LogP contribution in [0.25, 0.3) is 0 Å². The van der Waals surface area contributed by atoms with Crippen molar-refractivity contribution in [3.8, 4) is 0 Å². The van der Waals surface area contributed by atoms with E-state index in [4.69, 9.17) is 16.1 Å². The minimum absolute atomic E-state index is 0.0118. The molecule has 22 heavy (non-hydrogen) atoms. The normalized spacial score (nSPS) is 12.5. The van der Waals surface area contributed by atoms with Crippen molar-refractivity contribution in [3.63, 3.8) is 0 Å². The van der Waals surface area contributed by atoms with E-state index >= 15 is 0 Å². The van der Waals surface area contributed by atoms with Gasteiger partial charge in [-0.25, -0.2) is 4.98 Å². The molecule has 1 atom stereocenters. The molecule has 0 saturated carbocycles. The Morgan fingerprint density at radius 3 is 2.55 bits per heavy atom. The molecule has 1 unspecified atom stereocenters. The molecule has 0 N–H and O–H groups in total. The summed E-state index contributed by atoms with van der Waals surface area (Å²) in [6.07, 6.45) is 0.907. The second-order valence-corrected chi connectivity index (χ2v) is 6.96. The van der Waals surface area contributed by atoms with Gasteiger partial charge in [-0.2, -0.15) is 0 Å². The lowest BCUT2D eigenvalue weighted by Crippen LogP contribution is -2.29. The van der Waals surface area contributed by atoms with Crippen LogP contribution in [0, 0.1) is 20.8 Å². The van der Waals surface area contributed by atoms with Gasteiger partial charge in [-0.05, 0) is 45.7 Å². The molecule has 1 amide bonds. The molecular weight excluding hydrogens is 322 g/mol. The van der Waals surface area contributed by atoms with Crippen molar-refractivity contribution in [1.82, 2.24) is 15.0 Å². The molecule has 2 aromatic rings. The first-order valence-electron chi connectivity index (χ1n) is 7.11. The molecule has 0 aliphatic rings. The Morgan fingerprint density at radius 2 is 2.05 bits per heavy atom. The number of thiazole rings is 1. The van der Waals surface area contributed by atoms with Gasteiger partial charge in [0.1, 0.15) is 0 Å². The van der Waals surface area contributed by atoms with E-state index in [1.165, 1.54) is 0 Å². The summed E-state index contributed by atoms with van der Waals surface area (Å²) in [6, 6.07) is 0.0118. The van der Waals surface area contributed by atoms with E-state index in [1.54, 1.807) is 16.2 Å². The fraction of sp³-hybridized carbons (Fsp3) is 0.533. The molecular formula is C15H20ClN3O2S. The van der Waals surface area contributed by atoms with Crippen LogP contribution in [0.1, 0.15) is 46.2 Å². The Balaban J connectivity index is 2.01. The minimum Gasteiger partial charge on any atom is -0.344 e. The first kappa shape index (κ1) is 17.0. The molecule has 0 aromatic carbocycles. The third-order valence-corrected chi connectivity index (χ3v) is 5.36. The average molecular weight is 342 g/mol. The highest BCUT2D eigenvalue weighted by Gasteiger charge is 2.22. The van der Waals surface area contributed by atoms with Gasteiger partial charge in [0.15, 0.2) is 0 Å². The fourth-order valence-electron chi connectivity index (χ4n) is 2.37. The van der Waals surface area contributed by atoms with Crippen LogP contribution in [0.5, 0.6) is 0 Å². The van der Waals surface area contributed by atoms with E-state index in [9.17, 15) is 4.79 Å². The molecule has 0 saturated heterocycles. The zero-order valence-corrected chi connectivity index (χ0v) is 15.0. The molecule has 0 aliphatic heterocycles. The Kier molecular flexibility index (Phi) is 5.24. The van der Waals surface area contributed by atoms with Gasteiger partial charge in [0.25, 0.3) is 0 Å².